The molecule has 0 saturated heterocycles. The second-order valence-corrected chi connectivity index (χ2v) is 7.63. The maximum atomic E-state index is 11.9. The van der Waals surface area contributed by atoms with Gasteiger partial charge >= 0.3 is 0 Å². The van der Waals surface area contributed by atoms with Gasteiger partial charge in [-0.2, -0.15) is 0 Å². The van der Waals surface area contributed by atoms with Crippen LogP contribution in [0, 0.1) is 0 Å². The third-order valence-electron chi connectivity index (χ3n) is 3.69. The number of amides is 1. The average molecular weight is 356 g/mol. The highest BCUT2D eigenvalue weighted by molar-refractivity contribution is 7.90. The molecule has 0 fully saturated rings. The van der Waals surface area contributed by atoms with Crippen LogP contribution in [0.25, 0.3) is 10.9 Å². The number of fused-ring (bicyclic) bond motifs is 1. The lowest BCUT2D eigenvalue weighted by Crippen LogP contribution is -2.14. The quantitative estimate of drug-likeness (QED) is 0.614. The Bertz CT molecular complexity index is 1090. The Labute approximate surface area is 144 Å². The van der Waals surface area contributed by atoms with Crippen molar-refractivity contribution in [1.82, 2.24) is 4.98 Å². The summed E-state index contributed by atoms with van der Waals surface area (Å²) in [6.07, 6.45) is 2.48. The fourth-order valence-electron chi connectivity index (χ4n) is 2.48. The highest BCUT2D eigenvalue weighted by atomic mass is 32.2. The summed E-state index contributed by atoms with van der Waals surface area (Å²) in [5, 5.41) is 3.57. The fraction of sp³-hybridized carbons (Fsp3) is 0.0588. The summed E-state index contributed by atoms with van der Waals surface area (Å²) < 4.78 is 23.7. The van der Waals surface area contributed by atoms with Gasteiger partial charge in [0.15, 0.2) is 9.84 Å². The topological polar surface area (TPSA) is 128 Å². The van der Waals surface area contributed by atoms with Crippen molar-refractivity contribution in [3.63, 3.8) is 0 Å². The molecule has 8 heteroatoms. The predicted octanol–water partition coefficient (Wildman–Crippen LogP) is 2.06. The minimum Gasteiger partial charge on any atom is -0.399 e. The molecule has 0 bridgehead atoms. The van der Waals surface area contributed by atoms with Crippen LogP contribution in [0.5, 0.6) is 0 Å². The monoisotopic (exact) mass is 356 g/mol. The van der Waals surface area contributed by atoms with Crippen molar-refractivity contribution >= 4 is 43.7 Å². The molecule has 3 rings (SSSR count). The number of nitrogens with zero attached hydrogens (tertiary/aromatic N) is 1. The smallest absolute Gasteiger partial charge is 0.252 e. The summed E-state index contributed by atoms with van der Waals surface area (Å²) in [5.41, 5.74) is 13.5. The third-order valence-corrected chi connectivity index (χ3v) is 4.80. The number of hydrogen-bond donors (Lipinski definition) is 3. The molecule has 0 atom stereocenters. The molecule has 2 aromatic carbocycles. The number of nitrogen functional groups attached to an aromatic ring is 1. The van der Waals surface area contributed by atoms with Crippen molar-refractivity contribution < 1.29 is 13.2 Å². The largest absolute Gasteiger partial charge is 0.399 e. The maximum absolute atomic E-state index is 11.9. The number of anilines is 3. The van der Waals surface area contributed by atoms with Crippen LogP contribution < -0.4 is 16.8 Å². The molecule has 0 aliphatic heterocycles. The molecule has 1 aromatic heterocycles. The fourth-order valence-corrected chi connectivity index (χ4v) is 3.13. The minimum absolute atomic E-state index is 0.124. The third kappa shape index (κ3) is 3.38. The molecule has 0 radical (unpaired) electrons. The van der Waals surface area contributed by atoms with E-state index in [9.17, 15) is 13.2 Å². The Morgan fingerprint density at radius 1 is 1.16 bits per heavy atom. The molecule has 7 nitrogen and oxygen atoms in total. The van der Waals surface area contributed by atoms with Crippen molar-refractivity contribution in [2.24, 2.45) is 5.73 Å². The number of rotatable bonds is 4. The summed E-state index contributed by atoms with van der Waals surface area (Å²) in [5.74, 6) is -0.675. The molecule has 25 heavy (non-hydrogen) atoms. The zero-order valence-electron chi connectivity index (χ0n) is 13.4. The SMILES string of the molecule is CS(=O)(=O)c1ccc2ncc(C(N)=O)c(Nc3cccc(N)c3)c2c1. The van der Waals surface area contributed by atoms with Crippen molar-refractivity contribution in [2.75, 3.05) is 17.3 Å². The Hall–Kier alpha value is -3.13. The van der Waals surface area contributed by atoms with E-state index >= 15 is 0 Å². The lowest BCUT2D eigenvalue weighted by molar-refractivity contribution is 0.100. The Morgan fingerprint density at radius 2 is 1.92 bits per heavy atom. The number of nitrogens with one attached hydrogen (secondary N) is 1. The van der Waals surface area contributed by atoms with Crippen molar-refractivity contribution in [2.45, 2.75) is 4.90 Å². The summed E-state index contributed by atoms with van der Waals surface area (Å²) in [4.78, 5) is 16.1. The van der Waals surface area contributed by atoms with Gasteiger partial charge in [-0.3, -0.25) is 9.78 Å². The number of sulfone groups is 1. The second-order valence-electron chi connectivity index (χ2n) is 5.61. The van der Waals surface area contributed by atoms with E-state index in [1.807, 2.05) is 0 Å². The first kappa shape index (κ1) is 16.7. The van der Waals surface area contributed by atoms with Crippen LogP contribution in [0.4, 0.5) is 17.1 Å². The second kappa shape index (κ2) is 6.06. The standard InChI is InChI=1S/C17H16N4O3S/c1-25(23,24)12-5-6-15-13(8-12)16(14(9-20-15)17(19)22)21-11-4-2-3-10(18)7-11/h2-9H,18H2,1H3,(H2,19,22)(H,20,21). The molecule has 1 heterocycles. The summed E-state index contributed by atoms with van der Waals surface area (Å²) in [7, 11) is -3.42. The molecule has 0 unspecified atom stereocenters. The van der Waals surface area contributed by atoms with Crippen molar-refractivity contribution in [1.29, 1.82) is 0 Å². The molecule has 1 amide bonds. The molecule has 0 aliphatic carbocycles. The van der Waals surface area contributed by atoms with Gasteiger partial charge in [0.1, 0.15) is 0 Å². The molecule has 3 aromatic rings. The molecule has 0 spiro atoms. The number of aromatic nitrogens is 1. The summed E-state index contributed by atoms with van der Waals surface area (Å²) in [6, 6.07) is 11.5. The summed E-state index contributed by atoms with van der Waals surface area (Å²) in [6.45, 7) is 0. The zero-order chi connectivity index (χ0) is 18.2. The van der Waals surface area contributed by atoms with Gasteiger partial charge in [0.25, 0.3) is 5.91 Å². The lowest BCUT2D eigenvalue weighted by Gasteiger charge is -2.14. The van der Waals surface area contributed by atoms with E-state index in [1.165, 1.54) is 18.3 Å². The predicted molar refractivity (Wildman–Crippen MR) is 97.5 cm³/mol. The van der Waals surface area contributed by atoms with Crippen LogP contribution in [0.15, 0.2) is 53.6 Å². The zero-order valence-corrected chi connectivity index (χ0v) is 14.2. The minimum atomic E-state index is -3.42. The van der Waals surface area contributed by atoms with Gasteiger partial charge in [-0.05, 0) is 36.4 Å². The number of nitrogens with two attached hydrogens (primary N) is 2. The van der Waals surface area contributed by atoms with Crippen LogP contribution in [0.1, 0.15) is 10.4 Å². The van der Waals surface area contributed by atoms with E-state index in [0.29, 0.717) is 28.0 Å². The van der Waals surface area contributed by atoms with Crippen LogP contribution >= 0.6 is 0 Å². The Kier molecular flexibility index (Phi) is 4.05. The first-order valence-corrected chi connectivity index (χ1v) is 9.20. The number of carbonyl (C=O) groups is 1. The van der Waals surface area contributed by atoms with Gasteiger partial charge in [-0.15, -0.1) is 0 Å². The van der Waals surface area contributed by atoms with E-state index in [2.05, 4.69) is 10.3 Å². The normalized spacial score (nSPS) is 11.4. The van der Waals surface area contributed by atoms with Crippen molar-refractivity contribution in [3.8, 4) is 0 Å². The lowest BCUT2D eigenvalue weighted by atomic mass is 10.1. The van der Waals surface area contributed by atoms with E-state index in [4.69, 9.17) is 11.5 Å². The van der Waals surface area contributed by atoms with Crippen LogP contribution in [0.3, 0.4) is 0 Å². The van der Waals surface area contributed by atoms with E-state index in [1.54, 1.807) is 30.3 Å². The van der Waals surface area contributed by atoms with Crippen LogP contribution in [-0.2, 0) is 9.84 Å². The van der Waals surface area contributed by atoms with Gasteiger partial charge in [0.2, 0.25) is 0 Å². The number of benzene rings is 2. The van der Waals surface area contributed by atoms with Crippen molar-refractivity contribution in [3.05, 3.63) is 54.2 Å². The molecule has 0 saturated carbocycles. The van der Waals surface area contributed by atoms with Gasteiger partial charge < -0.3 is 16.8 Å². The number of carbonyl (C=O) groups excluding carboxylic acids is 1. The first-order chi connectivity index (χ1) is 11.8. The highest BCUT2D eigenvalue weighted by Crippen LogP contribution is 2.31. The first-order valence-electron chi connectivity index (χ1n) is 7.31. The highest BCUT2D eigenvalue weighted by Gasteiger charge is 2.16. The number of primary amides is 1. The Balaban J connectivity index is 2.28. The Morgan fingerprint density at radius 3 is 2.56 bits per heavy atom. The maximum Gasteiger partial charge on any atom is 0.252 e. The molecular formula is C17H16N4O3S. The molecule has 128 valence electrons. The van der Waals surface area contributed by atoms with E-state index in [-0.39, 0.29) is 10.5 Å². The van der Waals surface area contributed by atoms with Gasteiger partial charge in [0.05, 0.1) is 21.7 Å². The van der Waals surface area contributed by atoms with Crippen LogP contribution in [0.2, 0.25) is 0 Å². The van der Waals surface area contributed by atoms with E-state index in [0.717, 1.165) is 6.26 Å². The van der Waals surface area contributed by atoms with Gasteiger partial charge in [0, 0.05) is 29.2 Å². The molecule has 5 N–H and O–H groups in total. The summed E-state index contributed by atoms with van der Waals surface area (Å²) >= 11 is 0. The van der Waals surface area contributed by atoms with Gasteiger partial charge in [-0.25, -0.2) is 8.42 Å². The average Bonchev–Trinajstić information content (AvgIpc) is 2.53. The van der Waals surface area contributed by atoms with E-state index < -0.39 is 15.7 Å². The van der Waals surface area contributed by atoms with Crippen LogP contribution in [-0.4, -0.2) is 25.6 Å². The molecule has 0 aliphatic rings. The number of hydrogen-bond acceptors (Lipinski definition) is 6. The van der Waals surface area contributed by atoms with Gasteiger partial charge in [-0.1, -0.05) is 6.07 Å². The molecular weight excluding hydrogens is 340 g/mol. The number of pyridine rings is 1.